The summed E-state index contributed by atoms with van der Waals surface area (Å²) in [5.41, 5.74) is 0.338. The predicted molar refractivity (Wildman–Crippen MR) is 69.0 cm³/mol. The Morgan fingerprint density at radius 3 is 2.53 bits per heavy atom. The van der Waals surface area contributed by atoms with Crippen LogP contribution in [0.3, 0.4) is 0 Å². The van der Waals surface area contributed by atoms with Crippen molar-refractivity contribution in [3.05, 3.63) is 29.8 Å². The molecule has 2 saturated carbocycles. The van der Waals surface area contributed by atoms with Gasteiger partial charge in [0.25, 0.3) is 15.9 Å². The number of carbonyl (C=O) groups is 1. The molecule has 1 heterocycles. The van der Waals surface area contributed by atoms with Crippen LogP contribution in [0.4, 0.5) is 0 Å². The highest BCUT2D eigenvalue weighted by atomic mass is 32.2. The summed E-state index contributed by atoms with van der Waals surface area (Å²) in [6.07, 6.45) is 4.19. The molecule has 1 aliphatic heterocycles. The number of fused-ring (bicyclic) bond motifs is 3. The number of hydrogen-bond donors (Lipinski definition) is 0. The first-order chi connectivity index (χ1) is 9.09. The molecule has 0 N–H and O–H groups in total. The first kappa shape index (κ1) is 11.5. The lowest BCUT2D eigenvalue weighted by molar-refractivity contribution is 0.0798. The predicted octanol–water partition coefficient (Wildman–Crippen LogP) is 2.02. The van der Waals surface area contributed by atoms with Crippen molar-refractivity contribution in [1.29, 1.82) is 0 Å². The molecule has 0 radical (unpaired) electrons. The van der Waals surface area contributed by atoms with Gasteiger partial charge in [-0.3, -0.25) is 4.79 Å². The van der Waals surface area contributed by atoms with Crippen molar-refractivity contribution in [2.75, 3.05) is 0 Å². The van der Waals surface area contributed by atoms with Crippen LogP contribution < -0.4 is 0 Å². The van der Waals surface area contributed by atoms with Crippen molar-refractivity contribution in [3.63, 3.8) is 0 Å². The second-order valence-corrected chi connectivity index (χ2v) is 7.63. The summed E-state index contributed by atoms with van der Waals surface area (Å²) in [6, 6.07) is 6.44. The van der Waals surface area contributed by atoms with Gasteiger partial charge in [0.1, 0.15) is 4.90 Å². The first-order valence-corrected chi connectivity index (χ1v) is 8.21. The van der Waals surface area contributed by atoms with Crippen molar-refractivity contribution in [2.45, 2.75) is 36.6 Å². The van der Waals surface area contributed by atoms with Gasteiger partial charge in [0.05, 0.1) is 11.6 Å². The molecule has 4 nitrogen and oxygen atoms in total. The quantitative estimate of drug-likeness (QED) is 0.789. The van der Waals surface area contributed by atoms with E-state index >= 15 is 0 Å². The first-order valence-electron chi connectivity index (χ1n) is 6.77. The smallest absolute Gasteiger partial charge is 0.268 e. The molecule has 19 heavy (non-hydrogen) atoms. The highest BCUT2D eigenvalue weighted by Crippen LogP contribution is 2.49. The summed E-state index contributed by atoms with van der Waals surface area (Å²) >= 11 is 0. The third-order valence-corrected chi connectivity index (χ3v) is 6.72. The molecule has 2 bridgehead atoms. The third kappa shape index (κ3) is 1.39. The van der Waals surface area contributed by atoms with E-state index in [1.807, 2.05) is 0 Å². The summed E-state index contributed by atoms with van der Waals surface area (Å²) in [6.45, 7) is 0. The van der Waals surface area contributed by atoms with Crippen LogP contribution in [0.5, 0.6) is 0 Å². The lowest BCUT2D eigenvalue weighted by atomic mass is 9.95. The van der Waals surface area contributed by atoms with Crippen LogP contribution in [0.1, 0.15) is 36.0 Å². The van der Waals surface area contributed by atoms with Crippen molar-refractivity contribution in [2.24, 2.45) is 11.8 Å². The molecule has 5 heteroatoms. The summed E-state index contributed by atoms with van der Waals surface area (Å²) in [5.74, 6) is 0.660. The zero-order valence-electron chi connectivity index (χ0n) is 10.5. The van der Waals surface area contributed by atoms with E-state index in [0.717, 1.165) is 19.3 Å². The molecule has 1 aromatic carbocycles. The Hall–Kier alpha value is -1.36. The molecule has 0 spiro atoms. The molecular weight excluding hydrogens is 262 g/mol. The molecule has 2 aliphatic carbocycles. The summed E-state index contributed by atoms with van der Waals surface area (Å²) < 4.78 is 26.3. The SMILES string of the molecule is O=C1c2ccccc2S(=O)(=O)N1[C@@H]1C[C@H]2CC[C@H]1C2. The van der Waals surface area contributed by atoms with E-state index in [2.05, 4.69) is 0 Å². The average molecular weight is 277 g/mol. The maximum absolute atomic E-state index is 12.6. The van der Waals surface area contributed by atoms with E-state index in [1.165, 1.54) is 16.8 Å². The minimum absolute atomic E-state index is 0.108. The van der Waals surface area contributed by atoms with Crippen LogP contribution >= 0.6 is 0 Å². The van der Waals surface area contributed by atoms with Gasteiger partial charge in [-0.25, -0.2) is 12.7 Å². The Balaban J connectivity index is 1.81. The standard InChI is InChI=1S/C14H15NO3S/c16-14-11-3-1-2-4-13(11)19(17,18)15(14)12-8-9-5-6-10(12)7-9/h1-4,9-10,12H,5-8H2/t9-,10-,12+/m0/s1. The minimum Gasteiger partial charge on any atom is -0.268 e. The molecule has 1 aromatic rings. The van der Waals surface area contributed by atoms with Gasteiger partial charge in [0, 0.05) is 0 Å². The summed E-state index contributed by atoms with van der Waals surface area (Å²) in [7, 11) is -3.62. The number of nitrogens with zero attached hydrogens (tertiary/aromatic N) is 1. The molecule has 2 fully saturated rings. The van der Waals surface area contributed by atoms with Crippen LogP contribution in [0.25, 0.3) is 0 Å². The summed E-state index contributed by atoms with van der Waals surface area (Å²) in [4.78, 5) is 12.6. The molecular formula is C14H15NO3S. The van der Waals surface area contributed by atoms with E-state index < -0.39 is 10.0 Å². The molecule has 0 saturated heterocycles. The lowest BCUT2D eigenvalue weighted by Gasteiger charge is -2.29. The Bertz CT molecular complexity index is 667. The highest BCUT2D eigenvalue weighted by Gasteiger charge is 2.51. The largest absolute Gasteiger partial charge is 0.269 e. The third-order valence-electron chi connectivity index (χ3n) is 4.86. The maximum atomic E-state index is 12.6. The number of hydrogen-bond acceptors (Lipinski definition) is 3. The van der Waals surface area contributed by atoms with Crippen molar-refractivity contribution >= 4 is 15.9 Å². The van der Waals surface area contributed by atoms with Crippen LogP contribution in [-0.2, 0) is 10.0 Å². The topological polar surface area (TPSA) is 54.5 Å². The van der Waals surface area contributed by atoms with E-state index in [0.29, 0.717) is 17.4 Å². The van der Waals surface area contributed by atoms with Gasteiger partial charge in [0.15, 0.2) is 0 Å². The zero-order valence-corrected chi connectivity index (χ0v) is 11.3. The van der Waals surface area contributed by atoms with Crippen LogP contribution in [0, 0.1) is 11.8 Å². The molecule has 100 valence electrons. The Kier molecular flexibility index (Phi) is 2.17. The fourth-order valence-corrected chi connectivity index (χ4v) is 5.86. The van der Waals surface area contributed by atoms with Gasteiger partial charge >= 0.3 is 0 Å². The van der Waals surface area contributed by atoms with E-state index in [1.54, 1.807) is 18.2 Å². The zero-order chi connectivity index (χ0) is 13.2. The Labute approximate surface area is 112 Å². The van der Waals surface area contributed by atoms with Gasteiger partial charge in [0.2, 0.25) is 0 Å². The monoisotopic (exact) mass is 277 g/mol. The lowest BCUT2D eigenvalue weighted by Crippen LogP contribution is -2.42. The number of carbonyl (C=O) groups excluding carboxylic acids is 1. The van der Waals surface area contributed by atoms with Crippen LogP contribution in [0.15, 0.2) is 29.2 Å². The molecule has 0 aromatic heterocycles. The normalized spacial score (nSPS) is 34.8. The molecule has 3 aliphatic rings. The molecule has 3 atom stereocenters. The van der Waals surface area contributed by atoms with Gasteiger partial charge in [-0.05, 0) is 43.2 Å². The van der Waals surface area contributed by atoms with Crippen LogP contribution in [-0.4, -0.2) is 24.7 Å². The number of rotatable bonds is 1. The van der Waals surface area contributed by atoms with Gasteiger partial charge in [-0.1, -0.05) is 18.6 Å². The van der Waals surface area contributed by atoms with E-state index in [4.69, 9.17) is 0 Å². The molecule has 4 rings (SSSR count). The number of sulfonamides is 1. The van der Waals surface area contributed by atoms with Crippen molar-refractivity contribution < 1.29 is 13.2 Å². The van der Waals surface area contributed by atoms with Crippen molar-refractivity contribution in [3.8, 4) is 0 Å². The van der Waals surface area contributed by atoms with Gasteiger partial charge in [-0.15, -0.1) is 0 Å². The summed E-state index contributed by atoms with van der Waals surface area (Å²) in [5, 5.41) is 0. The second kappa shape index (κ2) is 3.60. The minimum atomic E-state index is -3.62. The van der Waals surface area contributed by atoms with E-state index in [-0.39, 0.29) is 16.8 Å². The van der Waals surface area contributed by atoms with E-state index in [9.17, 15) is 13.2 Å². The highest BCUT2D eigenvalue weighted by molar-refractivity contribution is 7.90. The fraction of sp³-hybridized carbons (Fsp3) is 0.500. The van der Waals surface area contributed by atoms with Crippen molar-refractivity contribution in [1.82, 2.24) is 4.31 Å². The Morgan fingerprint density at radius 2 is 1.89 bits per heavy atom. The maximum Gasteiger partial charge on any atom is 0.269 e. The van der Waals surface area contributed by atoms with Gasteiger partial charge < -0.3 is 0 Å². The fourth-order valence-electron chi connectivity index (χ4n) is 4.03. The average Bonchev–Trinajstić information content (AvgIpc) is 3.05. The molecule has 0 unspecified atom stereocenters. The van der Waals surface area contributed by atoms with Gasteiger partial charge in [-0.2, -0.15) is 0 Å². The Morgan fingerprint density at radius 1 is 1.11 bits per heavy atom. The molecule has 1 amide bonds. The number of benzene rings is 1. The number of amides is 1. The van der Waals surface area contributed by atoms with Crippen LogP contribution in [0.2, 0.25) is 0 Å². The second-order valence-electron chi connectivity index (χ2n) is 5.84.